The van der Waals surface area contributed by atoms with E-state index in [0.717, 1.165) is 12.1 Å². The highest BCUT2D eigenvalue weighted by Crippen LogP contribution is 2.42. The summed E-state index contributed by atoms with van der Waals surface area (Å²) in [6.45, 7) is 0.132. The summed E-state index contributed by atoms with van der Waals surface area (Å²) in [5.74, 6) is 0.183. The van der Waals surface area contributed by atoms with Crippen molar-refractivity contribution in [1.82, 2.24) is 0 Å². The van der Waals surface area contributed by atoms with Crippen LogP contribution >= 0.6 is 11.6 Å². The van der Waals surface area contributed by atoms with E-state index in [2.05, 4.69) is 0 Å². The molecule has 2 aromatic rings. The van der Waals surface area contributed by atoms with Crippen molar-refractivity contribution in [1.29, 1.82) is 0 Å². The van der Waals surface area contributed by atoms with Crippen LogP contribution in [0.4, 0.5) is 18.9 Å². The molecule has 0 unspecified atom stereocenters. The van der Waals surface area contributed by atoms with E-state index < -0.39 is 22.7 Å². The molecule has 0 radical (unpaired) electrons. The molecule has 0 spiro atoms. The number of carbonyl (C=O) groups excluding carboxylic acids is 1. The Morgan fingerprint density at radius 2 is 1.84 bits per heavy atom. The SMILES string of the molecule is COc1ccc2c(c1OC)C(=O)N(c1ccc(Cl)c(C(F)(F)F)c1)C2. The minimum Gasteiger partial charge on any atom is -0.493 e. The van der Waals surface area contributed by atoms with Crippen LogP contribution in [0.1, 0.15) is 21.5 Å². The summed E-state index contributed by atoms with van der Waals surface area (Å²) in [5, 5.41) is -0.417. The Hall–Kier alpha value is -2.41. The fraction of sp³-hybridized carbons (Fsp3) is 0.235. The molecule has 2 aromatic carbocycles. The number of hydrogen-bond donors (Lipinski definition) is 0. The second-order valence-electron chi connectivity index (χ2n) is 5.39. The lowest BCUT2D eigenvalue weighted by atomic mass is 10.1. The second kappa shape index (κ2) is 6.15. The first-order valence-corrected chi connectivity index (χ1v) is 7.58. The van der Waals surface area contributed by atoms with Gasteiger partial charge in [0.2, 0.25) is 0 Å². The normalized spacial score (nSPS) is 13.8. The third-order valence-corrected chi connectivity index (χ3v) is 4.32. The van der Waals surface area contributed by atoms with Crippen LogP contribution in [0.15, 0.2) is 30.3 Å². The zero-order valence-electron chi connectivity index (χ0n) is 13.3. The van der Waals surface area contributed by atoms with Gasteiger partial charge in [-0.2, -0.15) is 13.2 Å². The van der Waals surface area contributed by atoms with Gasteiger partial charge in [-0.3, -0.25) is 4.79 Å². The number of benzene rings is 2. The number of ether oxygens (including phenoxy) is 2. The predicted octanol–water partition coefficient (Wildman–Crippen LogP) is 4.54. The Morgan fingerprint density at radius 3 is 2.44 bits per heavy atom. The maximum absolute atomic E-state index is 13.1. The number of alkyl halides is 3. The standard InChI is InChI=1S/C17H13ClF3NO3/c1-24-13-6-3-9-8-22(16(23)14(9)15(13)25-2)10-4-5-12(18)11(7-10)17(19,20)21/h3-7H,8H2,1-2H3. The van der Waals surface area contributed by atoms with Crippen molar-refractivity contribution >= 4 is 23.2 Å². The van der Waals surface area contributed by atoms with Gasteiger partial charge in [0.1, 0.15) is 0 Å². The van der Waals surface area contributed by atoms with Gasteiger partial charge in [-0.15, -0.1) is 0 Å². The number of carbonyl (C=O) groups is 1. The average Bonchev–Trinajstić information content (AvgIpc) is 2.90. The zero-order valence-corrected chi connectivity index (χ0v) is 14.0. The minimum absolute atomic E-state index is 0.110. The van der Waals surface area contributed by atoms with E-state index >= 15 is 0 Å². The van der Waals surface area contributed by atoms with E-state index in [1.807, 2.05) is 0 Å². The summed E-state index contributed by atoms with van der Waals surface area (Å²) >= 11 is 5.64. The summed E-state index contributed by atoms with van der Waals surface area (Å²) in [6.07, 6.45) is -4.61. The van der Waals surface area contributed by atoms with Gasteiger partial charge in [-0.05, 0) is 29.8 Å². The lowest BCUT2D eigenvalue weighted by Crippen LogP contribution is -2.23. The van der Waals surface area contributed by atoms with Crippen LogP contribution in [0, 0.1) is 0 Å². The summed E-state index contributed by atoms with van der Waals surface area (Å²) in [4.78, 5) is 14.0. The number of hydrogen-bond acceptors (Lipinski definition) is 3. The molecule has 8 heteroatoms. The first kappa shape index (κ1) is 17.4. The first-order valence-electron chi connectivity index (χ1n) is 7.20. The Bertz CT molecular complexity index is 852. The van der Waals surface area contributed by atoms with E-state index in [-0.39, 0.29) is 23.5 Å². The van der Waals surface area contributed by atoms with Crippen molar-refractivity contribution in [2.75, 3.05) is 19.1 Å². The number of nitrogens with zero attached hydrogens (tertiary/aromatic N) is 1. The lowest BCUT2D eigenvalue weighted by Gasteiger charge is -2.18. The van der Waals surface area contributed by atoms with Crippen LogP contribution in [0.5, 0.6) is 11.5 Å². The molecule has 1 amide bonds. The second-order valence-corrected chi connectivity index (χ2v) is 5.80. The van der Waals surface area contributed by atoms with Gasteiger partial charge in [-0.25, -0.2) is 0 Å². The molecule has 1 heterocycles. The van der Waals surface area contributed by atoms with Gasteiger partial charge >= 0.3 is 6.18 Å². The fourth-order valence-corrected chi connectivity index (χ4v) is 3.04. The quantitative estimate of drug-likeness (QED) is 0.795. The van der Waals surface area contributed by atoms with Gasteiger partial charge in [-0.1, -0.05) is 17.7 Å². The third-order valence-electron chi connectivity index (χ3n) is 3.99. The molecule has 4 nitrogen and oxygen atoms in total. The number of fused-ring (bicyclic) bond motifs is 1. The highest BCUT2D eigenvalue weighted by Gasteiger charge is 2.37. The molecule has 0 saturated carbocycles. The Labute approximate surface area is 146 Å². The molecule has 0 atom stereocenters. The predicted molar refractivity (Wildman–Crippen MR) is 86.5 cm³/mol. The van der Waals surface area contributed by atoms with Crippen molar-refractivity contribution in [2.24, 2.45) is 0 Å². The number of amides is 1. The molecule has 1 aliphatic heterocycles. The lowest BCUT2D eigenvalue weighted by molar-refractivity contribution is -0.137. The molecule has 0 aromatic heterocycles. The average molecular weight is 372 g/mol. The van der Waals surface area contributed by atoms with E-state index in [1.165, 1.54) is 25.2 Å². The smallest absolute Gasteiger partial charge is 0.417 e. The van der Waals surface area contributed by atoms with Crippen molar-refractivity contribution in [3.05, 3.63) is 52.0 Å². The fourth-order valence-electron chi connectivity index (χ4n) is 2.82. The van der Waals surface area contributed by atoms with E-state index in [4.69, 9.17) is 21.1 Å². The molecule has 0 saturated heterocycles. The number of anilines is 1. The van der Waals surface area contributed by atoms with Crippen LogP contribution in [0.2, 0.25) is 5.02 Å². The van der Waals surface area contributed by atoms with E-state index in [9.17, 15) is 18.0 Å². The van der Waals surface area contributed by atoms with Crippen molar-refractivity contribution < 1.29 is 27.4 Å². The number of halogens is 4. The Morgan fingerprint density at radius 1 is 1.12 bits per heavy atom. The molecular weight excluding hydrogens is 359 g/mol. The van der Waals surface area contributed by atoms with Crippen molar-refractivity contribution in [3.63, 3.8) is 0 Å². The van der Waals surface area contributed by atoms with Gasteiger partial charge in [0.05, 0.1) is 36.9 Å². The maximum atomic E-state index is 13.1. The number of methoxy groups -OCH3 is 2. The topological polar surface area (TPSA) is 38.8 Å². The van der Waals surface area contributed by atoms with Crippen LogP contribution in [0.25, 0.3) is 0 Å². The summed E-state index contributed by atoms with van der Waals surface area (Å²) in [5.41, 5.74) is 0.0513. The van der Waals surface area contributed by atoms with Crippen LogP contribution in [0.3, 0.4) is 0 Å². The largest absolute Gasteiger partial charge is 0.493 e. The third kappa shape index (κ3) is 2.89. The van der Waals surface area contributed by atoms with Crippen LogP contribution in [-0.2, 0) is 12.7 Å². The van der Waals surface area contributed by atoms with E-state index in [0.29, 0.717) is 11.3 Å². The van der Waals surface area contributed by atoms with Crippen molar-refractivity contribution in [2.45, 2.75) is 12.7 Å². The molecule has 1 aliphatic rings. The highest BCUT2D eigenvalue weighted by atomic mass is 35.5. The van der Waals surface area contributed by atoms with Crippen LogP contribution in [-0.4, -0.2) is 20.1 Å². The molecule has 0 aliphatic carbocycles. The van der Waals surface area contributed by atoms with Crippen molar-refractivity contribution in [3.8, 4) is 11.5 Å². The summed E-state index contributed by atoms with van der Waals surface area (Å²) < 4.78 is 49.6. The molecule has 0 N–H and O–H groups in total. The Balaban J connectivity index is 2.06. The molecule has 3 rings (SSSR count). The molecule has 0 fully saturated rings. The van der Waals surface area contributed by atoms with Gasteiger partial charge < -0.3 is 14.4 Å². The van der Waals surface area contributed by atoms with Gasteiger partial charge in [0.15, 0.2) is 11.5 Å². The van der Waals surface area contributed by atoms with Gasteiger partial charge in [0.25, 0.3) is 5.91 Å². The molecule has 0 bridgehead atoms. The highest BCUT2D eigenvalue weighted by molar-refractivity contribution is 6.31. The Kier molecular flexibility index (Phi) is 4.28. The first-order chi connectivity index (χ1) is 11.8. The zero-order chi connectivity index (χ0) is 18.4. The van der Waals surface area contributed by atoms with Crippen LogP contribution < -0.4 is 14.4 Å². The minimum atomic E-state index is -4.61. The summed E-state index contributed by atoms with van der Waals surface area (Å²) in [6, 6.07) is 6.72. The molecular formula is C17H13ClF3NO3. The number of rotatable bonds is 3. The monoisotopic (exact) mass is 371 g/mol. The molecule has 132 valence electrons. The maximum Gasteiger partial charge on any atom is 0.417 e. The van der Waals surface area contributed by atoms with Gasteiger partial charge in [0, 0.05) is 5.69 Å². The molecule has 25 heavy (non-hydrogen) atoms. The van der Waals surface area contributed by atoms with E-state index in [1.54, 1.807) is 12.1 Å². The summed E-state index contributed by atoms with van der Waals surface area (Å²) in [7, 11) is 2.84.